The van der Waals surface area contributed by atoms with Crippen molar-refractivity contribution in [2.24, 2.45) is 0 Å². The summed E-state index contributed by atoms with van der Waals surface area (Å²) in [6.07, 6.45) is 2.92. The Hall–Kier alpha value is -1.01. The lowest BCUT2D eigenvalue weighted by molar-refractivity contribution is 0.529. The summed E-state index contributed by atoms with van der Waals surface area (Å²) < 4.78 is 2.76. The van der Waals surface area contributed by atoms with Crippen LogP contribution in [0.15, 0.2) is 6.20 Å². The molecule has 1 unspecified atom stereocenters. The van der Waals surface area contributed by atoms with Crippen molar-refractivity contribution in [1.29, 1.82) is 0 Å². The topological polar surface area (TPSA) is 46.5 Å². The van der Waals surface area contributed by atoms with Gasteiger partial charge in [-0.3, -0.25) is 9.67 Å². The van der Waals surface area contributed by atoms with Crippen molar-refractivity contribution < 1.29 is 0 Å². The van der Waals surface area contributed by atoms with E-state index in [9.17, 15) is 0 Å². The van der Waals surface area contributed by atoms with Gasteiger partial charge in [0.05, 0.1) is 9.88 Å². The number of hydrogen-bond donors (Lipinski definition) is 1. The highest BCUT2D eigenvalue weighted by Crippen LogP contribution is 2.30. The molecule has 2 aromatic rings. The summed E-state index contributed by atoms with van der Waals surface area (Å²) in [7, 11) is 0. The Morgan fingerprint density at radius 3 is 2.72 bits per heavy atom. The Balaban J connectivity index is 2.47. The number of nitrogens with one attached hydrogen (secondary N) is 1. The van der Waals surface area contributed by atoms with Gasteiger partial charge in [0, 0.05) is 18.2 Å². The van der Waals surface area contributed by atoms with Crippen LogP contribution in [0.1, 0.15) is 51.1 Å². The van der Waals surface area contributed by atoms with Crippen LogP contribution in [0.5, 0.6) is 0 Å². The molecule has 0 saturated heterocycles. The zero-order valence-electron chi connectivity index (χ0n) is 11.1. The molecule has 2 rings (SSSR count). The van der Waals surface area contributed by atoms with Crippen molar-refractivity contribution in [2.75, 3.05) is 0 Å². The van der Waals surface area contributed by atoms with Crippen LogP contribution in [0.2, 0.25) is 0 Å². The first-order chi connectivity index (χ1) is 8.54. The Morgan fingerprint density at radius 1 is 1.44 bits per heavy atom. The first-order valence-electron chi connectivity index (χ1n) is 6.17. The lowest BCUT2D eigenvalue weighted by Crippen LogP contribution is -2.05. The zero-order valence-corrected chi connectivity index (χ0v) is 12.7. The summed E-state index contributed by atoms with van der Waals surface area (Å²) in [5, 5.41) is 8.36. The smallest absolute Gasteiger partial charge is 0.195 e. The molecule has 0 radical (unpaired) electrons. The Labute approximate surface area is 116 Å². The van der Waals surface area contributed by atoms with Gasteiger partial charge >= 0.3 is 0 Å². The second-order valence-corrected chi connectivity index (χ2v) is 6.15. The molecule has 0 aromatic carbocycles. The summed E-state index contributed by atoms with van der Waals surface area (Å²) in [6, 6.07) is 0.343. The van der Waals surface area contributed by atoms with E-state index in [1.807, 2.05) is 6.20 Å². The predicted molar refractivity (Wildman–Crippen MR) is 77.6 cm³/mol. The molecule has 0 aliphatic rings. The molecule has 1 N–H and O–H groups in total. The van der Waals surface area contributed by atoms with E-state index in [-0.39, 0.29) is 0 Å². The fraction of sp³-hybridized carbons (Fsp3) is 0.583. The number of nitrogens with zero attached hydrogens (tertiary/aromatic N) is 3. The number of H-pyrrole nitrogens is 1. The second kappa shape index (κ2) is 5.32. The van der Waals surface area contributed by atoms with Gasteiger partial charge in [0.25, 0.3) is 0 Å². The largest absolute Gasteiger partial charge is 0.297 e. The summed E-state index contributed by atoms with van der Waals surface area (Å²) in [6.45, 7) is 8.59. The van der Waals surface area contributed by atoms with Gasteiger partial charge in [-0.15, -0.1) is 11.3 Å². The first-order valence-corrected chi connectivity index (χ1v) is 7.40. The average Bonchev–Trinajstić information content (AvgIpc) is 2.94. The second-order valence-electron chi connectivity index (χ2n) is 4.70. The number of rotatable bonds is 4. The third-order valence-corrected chi connectivity index (χ3v) is 4.56. The number of aromatic amines is 1. The first kappa shape index (κ1) is 13.4. The summed E-state index contributed by atoms with van der Waals surface area (Å²) in [4.78, 5) is 5.52. The van der Waals surface area contributed by atoms with Gasteiger partial charge in [-0.25, -0.2) is 4.98 Å². The van der Waals surface area contributed by atoms with Gasteiger partial charge < -0.3 is 0 Å². The SMILES string of the molecule is CCC(C)n1c(-c2cnc(C(C)C)s2)n[nH]c1=S. The Morgan fingerprint density at radius 2 is 2.17 bits per heavy atom. The van der Waals surface area contributed by atoms with Crippen LogP contribution in [-0.2, 0) is 0 Å². The minimum absolute atomic E-state index is 0.343. The number of hydrogen-bond acceptors (Lipinski definition) is 4. The van der Waals surface area contributed by atoms with E-state index in [1.54, 1.807) is 11.3 Å². The van der Waals surface area contributed by atoms with E-state index < -0.39 is 0 Å². The number of aromatic nitrogens is 4. The lowest BCUT2D eigenvalue weighted by atomic mass is 10.2. The van der Waals surface area contributed by atoms with E-state index in [4.69, 9.17) is 12.2 Å². The van der Waals surface area contributed by atoms with Gasteiger partial charge in [-0.05, 0) is 25.6 Å². The van der Waals surface area contributed by atoms with Gasteiger partial charge in [0.2, 0.25) is 0 Å². The summed E-state index contributed by atoms with van der Waals surface area (Å²) >= 11 is 6.99. The molecular weight excluding hydrogens is 264 g/mol. The normalized spacial score (nSPS) is 13.2. The van der Waals surface area contributed by atoms with Crippen molar-refractivity contribution in [3.63, 3.8) is 0 Å². The highest BCUT2D eigenvalue weighted by molar-refractivity contribution is 7.71. The average molecular weight is 282 g/mol. The molecular formula is C12H18N4S2. The standard InChI is InChI=1S/C12H18N4S2/c1-5-8(4)16-10(14-15-12(16)17)9-6-13-11(18-9)7(2)3/h6-8H,5H2,1-4H3,(H,15,17). The maximum atomic E-state index is 5.30. The fourth-order valence-electron chi connectivity index (χ4n) is 1.73. The van der Waals surface area contributed by atoms with Crippen LogP contribution in [0, 0.1) is 4.77 Å². The van der Waals surface area contributed by atoms with Gasteiger partial charge in [-0.1, -0.05) is 20.8 Å². The molecule has 0 aliphatic carbocycles. The molecule has 98 valence electrons. The maximum Gasteiger partial charge on any atom is 0.195 e. The van der Waals surface area contributed by atoms with Gasteiger partial charge in [0.1, 0.15) is 0 Å². The molecule has 0 spiro atoms. The highest BCUT2D eigenvalue weighted by atomic mass is 32.1. The molecule has 18 heavy (non-hydrogen) atoms. The fourth-order valence-corrected chi connectivity index (χ4v) is 2.95. The van der Waals surface area contributed by atoms with E-state index in [2.05, 4.69) is 47.4 Å². The van der Waals surface area contributed by atoms with Gasteiger partial charge in [0.15, 0.2) is 10.6 Å². The van der Waals surface area contributed by atoms with E-state index in [0.717, 1.165) is 22.1 Å². The van der Waals surface area contributed by atoms with Crippen molar-refractivity contribution in [3.8, 4) is 10.7 Å². The van der Waals surface area contributed by atoms with Crippen molar-refractivity contribution >= 4 is 23.6 Å². The third kappa shape index (κ3) is 2.40. The van der Waals surface area contributed by atoms with Crippen molar-refractivity contribution in [1.82, 2.24) is 19.7 Å². The van der Waals surface area contributed by atoms with E-state index >= 15 is 0 Å². The molecule has 2 aromatic heterocycles. The Bertz CT molecular complexity index is 579. The van der Waals surface area contributed by atoms with Crippen molar-refractivity contribution in [3.05, 3.63) is 16.0 Å². The van der Waals surface area contributed by atoms with E-state index in [0.29, 0.717) is 16.7 Å². The third-order valence-electron chi connectivity index (χ3n) is 2.97. The minimum atomic E-state index is 0.343. The molecule has 0 amide bonds. The molecule has 6 heteroatoms. The van der Waals surface area contributed by atoms with Crippen LogP contribution in [-0.4, -0.2) is 19.7 Å². The molecule has 0 aliphatic heterocycles. The van der Waals surface area contributed by atoms with E-state index in [1.165, 1.54) is 0 Å². The van der Waals surface area contributed by atoms with Crippen LogP contribution in [0.4, 0.5) is 0 Å². The summed E-state index contributed by atoms with van der Waals surface area (Å²) in [5.41, 5.74) is 0. The number of thiazole rings is 1. The van der Waals surface area contributed by atoms with Crippen LogP contribution in [0.3, 0.4) is 0 Å². The molecule has 0 bridgehead atoms. The molecule has 4 nitrogen and oxygen atoms in total. The summed E-state index contributed by atoms with van der Waals surface area (Å²) in [5.74, 6) is 1.35. The quantitative estimate of drug-likeness (QED) is 0.857. The lowest BCUT2D eigenvalue weighted by Gasteiger charge is -2.11. The molecule has 0 saturated carbocycles. The molecule has 1 atom stereocenters. The molecule has 2 heterocycles. The van der Waals surface area contributed by atoms with Gasteiger partial charge in [-0.2, -0.15) is 5.10 Å². The maximum absolute atomic E-state index is 5.30. The minimum Gasteiger partial charge on any atom is -0.297 e. The Kier molecular flexibility index (Phi) is 3.97. The highest BCUT2D eigenvalue weighted by Gasteiger charge is 2.16. The predicted octanol–water partition coefficient (Wildman–Crippen LogP) is 4.16. The van der Waals surface area contributed by atoms with Crippen LogP contribution < -0.4 is 0 Å². The van der Waals surface area contributed by atoms with Crippen molar-refractivity contribution in [2.45, 2.75) is 46.1 Å². The van der Waals surface area contributed by atoms with Crippen LogP contribution >= 0.6 is 23.6 Å². The monoisotopic (exact) mass is 282 g/mol. The zero-order chi connectivity index (χ0) is 13.3. The van der Waals surface area contributed by atoms with Crippen LogP contribution in [0.25, 0.3) is 10.7 Å². The molecule has 0 fully saturated rings.